The largest absolute Gasteiger partial charge is 0.486 e. The molecule has 0 radical (unpaired) electrons. The third-order valence-electron chi connectivity index (χ3n) is 4.92. The fraction of sp³-hybridized carbons (Fsp3) is 0.182. The summed E-state index contributed by atoms with van der Waals surface area (Å²) in [6, 6.07) is 13.3. The molecule has 1 amide bonds. The number of hydrogen-bond donors (Lipinski definition) is 1. The smallest absolute Gasteiger partial charge is 0.254 e. The third kappa shape index (κ3) is 3.87. The normalized spacial score (nSPS) is 14.9. The van der Waals surface area contributed by atoms with Crippen LogP contribution in [0.25, 0.3) is 16.5 Å². The second-order valence-corrected chi connectivity index (χ2v) is 7.93. The summed E-state index contributed by atoms with van der Waals surface area (Å²) in [7, 11) is 0. The first kappa shape index (κ1) is 19.3. The van der Waals surface area contributed by atoms with Gasteiger partial charge in [0.2, 0.25) is 0 Å². The van der Waals surface area contributed by atoms with Crippen molar-refractivity contribution in [3.63, 3.8) is 0 Å². The Labute approximate surface area is 182 Å². The van der Waals surface area contributed by atoms with Crippen LogP contribution in [-0.2, 0) is 0 Å². The van der Waals surface area contributed by atoms with E-state index in [4.69, 9.17) is 9.47 Å². The number of para-hydroxylation sites is 2. The summed E-state index contributed by atoms with van der Waals surface area (Å²) in [5.41, 5.74) is 1.94. The zero-order valence-electron chi connectivity index (χ0n) is 16.7. The lowest BCUT2D eigenvalue weighted by Crippen LogP contribution is -2.40. The van der Waals surface area contributed by atoms with Crippen LogP contribution in [0.2, 0.25) is 0 Å². The molecule has 156 valence electrons. The molecule has 1 aromatic carbocycles. The Hall–Kier alpha value is -3.72. The lowest BCUT2D eigenvalue weighted by atomic mass is 10.2. The zero-order valence-corrected chi connectivity index (χ0v) is 17.5. The van der Waals surface area contributed by atoms with Crippen molar-refractivity contribution in [1.29, 1.82) is 0 Å². The van der Waals surface area contributed by atoms with Crippen molar-refractivity contribution in [3.8, 4) is 28.0 Å². The molecule has 3 aromatic heterocycles. The van der Waals surface area contributed by atoms with E-state index in [9.17, 15) is 4.79 Å². The quantitative estimate of drug-likeness (QED) is 0.519. The molecule has 1 aliphatic heterocycles. The van der Waals surface area contributed by atoms with E-state index in [0.717, 1.165) is 10.6 Å². The standard InChI is InChI=1S/C22H19N5O3S/c1-14-16(21(28)24-11-15-13-29-18-5-2-3-6-19(18)30-15)12-25-27(14)22-23-9-8-17(26-22)20-7-4-10-31-20/h2-10,12,15H,11,13H2,1H3,(H,24,28). The first-order valence-electron chi connectivity index (χ1n) is 9.77. The zero-order chi connectivity index (χ0) is 21.2. The monoisotopic (exact) mass is 433 g/mol. The van der Waals surface area contributed by atoms with Crippen LogP contribution >= 0.6 is 11.3 Å². The van der Waals surface area contributed by atoms with Crippen molar-refractivity contribution in [3.05, 3.63) is 71.5 Å². The third-order valence-corrected chi connectivity index (χ3v) is 5.81. The van der Waals surface area contributed by atoms with Crippen LogP contribution in [0.4, 0.5) is 0 Å². The van der Waals surface area contributed by atoms with Crippen molar-refractivity contribution < 1.29 is 14.3 Å². The number of amides is 1. The molecule has 1 unspecified atom stereocenters. The molecule has 0 saturated carbocycles. The molecule has 1 atom stereocenters. The van der Waals surface area contributed by atoms with Crippen LogP contribution in [0.5, 0.6) is 11.5 Å². The number of ether oxygens (including phenoxy) is 2. The fourth-order valence-corrected chi connectivity index (χ4v) is 4.01. The summed E-state index contributed by atoms with van der Waals surface area (Å²) < 4.78 is 13.2. The Morgan fingerprint density at radius 3 is 2.94 bits per heavy atom. The van der Waals surface area contributed by atoms with Crippen molar-refractivity contribution in [2.24, 2.45) is 0 Å². The lowest BCUT2D eigenvalue weighted by Gasteiger charge is -2.26. The van der Waals surface area contributed by atoms with Crippen LogP contribution < -0.4 is 14.8 Å². The molecule has 4 aromatic rings. The molecule has 4 heterocycles. The molecule has 0 bridgehead atoms. The van der Waals surface area contributed by atoms with Gasteiger partial charge in [-0.3, -0.25) is 4.79 Å². The van der Waals surface area contributed by atoms with Crippen molar-refractivity contribution >= 4 is 17.2 Å². The molecule has 5 rings (SSSR count). The maximum Gasteiger partial charge on any atom is 0.254 e. The number of nitrogens with one attached hydrogen (secondary N) is 1. The highest BCUT2D eigenvalue weighted by Gasteiger charge is 2.23. The fourth-order valence-electron chi connectivity index (χ4n) is 3.31. The molecule has 8 nitrogen and oxygen atoms in total. The van der Waals surface area contributed by atoms with E-state index in [1.165, 1.54) is 6.20 Å². The number of benzene rings is 1. The molecule has 9 heteroatoms. The van der Waals surface area contributed by atoms with E-state index < -0.39 is 0 Å². The molecular weight excluding hydrogens is 414 g/mol. The number of rotatable bonds is 5. The van der Waals surface area contributed by atoms with E-state index in [0.29, 0.717) is 41.9 Å². The Morgan fingerprint density at radius 1 is 1.23 bits per heavy atom. The van der Waals surface area contributed by atoms with Crippen molar-refractivity contribution in [2.45, 2.75) is 13.0 Å². The average molecular weight is 433 g/mol. The van der Waals surface area contributed by atoms with Gasteiger partial charge in [-0.15, -0.1) is 11.3 Å². The predicted molar refractivity (Wildman–Crippen MR) is 116 cm³/mol. The van der Waals surface area contributed by atoms with Gasteiger partial charge in [-0.1, -0.05) is 18.2 Å². The maximum absolute atomic E-state index is 12.8. The first-order chi connectivity index (χ1) is 15.2. The molecule has 31 heavy (non-hydrogen) atoms. The van der Waals surface area contributed by atoms with Gasteiger partial charge in [-0.25, -0.2) is 14.6 Å². The molecule has 0 aliphatic carbocycles. The highest BCUT2D eigenvalue weighted by Crippen LogP contribution is 2.30. The van der Waals surface area contributed by atoms with Gasteiger partial charge < -0.3 is 14.8 Å². The van der Waals surface area contributed by atoms with Gasteiger partial charge in [0.25, 0.3) is 11.9 Å². The minimum atomic E-state index is -0.264. The van der Waals surface area contributed by atoms with E-state index in [1.807, 2.05) is 54.8 Å². The summed E-state index contributed by atoms with van der Waals surface area (Å²) >= 11 is 1.60. The van der Waals surface area contributed by atoms with Crippen molar-refractivity contribution in [1.82, 2.24) is 25.1 Å². The molecule has 0 spiro atoms. The minimum absolute atomic E-state index is 0.236. The second-order valence-electron chi connectivity index (χ2n) is 6.98. The molecule has 0 saturated heterocycles. The van der Waals surface area contributed by atoms with Crippen LogP contribution in [0.3, 0.4) is 0 Å². The van der Waals surface area contributed by atoms with Gasteiger partial charge in [0, 0.05) is 6.20 Å². The molecule has 1 N–H and O–H groups in total. The van der Waals surface area contributed by atoms with E-state index in [1.54, 1.807) is 22.2 Å². The van der Waals surface area contributed by atoms with Gasteiger partial charge >= 0.3 is 0 Å². The highest BCUT2D eigenvalue weighted by atomic mass is 32.1. The number of carbonyl (C=O) groups excluding carboxylic acids is 1. The number of aromatic nitrogens is 4. The topological polar surface area (TPSA) is 91.2 Å². The number of carbonyl (C=O) groups is 1. The minimum Gasteiger partial charge on any atom is -0.486 e. The van der Waals surface area contributed by atoms with Gasteiger partial charge in [0.1, 0.15) is 12.7 Å². The Balaban J connectivity index is 1.28. The van der Waals surface area contributed by atoms with Crippen LogP contribution in [0.15, 0.2) is 60.2 Å². The van der Waals surface area contributed by atoms with E-state index >= 15 is 0 Å². The summed E-state index contributed by atoms with van der Waals surface area (Å²) in [5, 5.41) is 9.23. The van der Waals surface area contributed by atoms with Crippen molar-refractivity contribution in [2.75, 3.05) is 13.2 Å². The highest BCUT2D eigenvalue weighted by molar-refractivity contribution is 7.13. The Morgan fingerprint density at radius 2 is 2.10 bits per heavy atom. The second kappa shape index (κ2) is 8.19. The number of thiophene rings is 1. The van der Waals surface area contributed by atoms with Crippen LogP contribution in [0, 0.1) is 6.92 Å². The lowest BCUT2D eigenvalue weighted by molar-refractivity contribution is 0.0789. The number of nitrogens with zero attached hydrogens (tertiary/aromatic N) is 4. The number of hydrogen-bond acceptors (Lipinski definition) is 7. The van der Waals surface area contributed by atoms with Gasteiger partial charge in [-0.05, 0) is 36.6 Å². The van der Waals surface area contributed by atoms with Crippen LogP contribution in [-0.4, -0.2) is 44.9 Å². The number of fused-ring (bicyclic) bond motifs is 1. The summed E-state index contributed by atoms with van der Waals surface area (Å²) in [6.07, 6.45) is 2.95. The summed E-state index contributed by atoms with van der Waals surface area (Å²) in [6.45, 7) is 2.51. The van der Waals surface area contributed by atoms with Gasteiger partial charge in [0.05, 0.1) is 34.6 Å². The molecule has 0 fully saturated rings. The summed E-state index contributed by atoms with van der Waals surface area (Å²) in [4.78, 5) is 22.7. The Bertz CT molecular complexity index is 1220. The maximum atomic E-state index is 12.8. The predicted octanol–water partition coefficient (Wildman–Crippen LogP) is 3.27. The Kier molecular flexibility index (Phi) is 5.09. The first-order valence-corrected chi connectivity index (χ1v) is 10.7. The summed E-state index contributed by atoms with van der Waals surface area (Å²) in [5.74, 6) is 1.58. The van der Waals surface area contributed by atoms with E-state index in [2.05, 4.69) is 20.4 Å². The van der Waals surface area contributed by atoms with Gasteiger partial charge in [-0.2, -0.15) is 5.10 Å². The SMILES string of the molecule is Cc1c(C(=O)NCC2COc3ccccc3O2)cnn1-c1nccc(-c2cccs2)n1. The molecular formula is C22H19N5O3S. The van der Waals surface area contributed by atoms with Gasteiger partial charge in [0.15, 0.2) is 11.5 Å². The van der Waals surface area contributed by atoms with Crippen LogP contribution in [0.1, 0.15) is 16.1 Å². The van der Waals surface area contributed by atoms with E-state index in [-0.39, 0.29) is 12.0 Å². The molecule has 1 aliphatic rings. The average Bonchev–Trinajstić information content (AvgIpc) is 3.48.